The number of carbonyl (C=O) groups excluding carboxylic acids is 3. The van der Waals surface area contributed by atoms with Gasteiger partial charge in [0, 0.05) is 19.3 Å². The highest BCUT2D eigenvalue weighted by Crippen LogP contribution is 2.15. The quantitative estimate of drug-likeness (QED) is 0.0262. The molecule has 6 nitrogen and oxygen atoms in total. The number of rotatable bonds is 50. The van der Waals surface area contributed by atoms with Crippen LogP contribution >= 0.6 is 0 Å². The van der Waals surface area contributed by atoms with Crippen molar-refractivity contribution in [3.05, 3.63) is 97.2 Å². The van der Waals surface area contributed by atoms with E-state index in [-0.39, 0.29) is 31.1 Å². The van der Waals surface area contributed by atoms with Crippen LogP contribution in [0.3, 0.4) is 0 Å². The fourth-order valence-electron chi connectivity index (χ4n) is 7.60. The first-order chi connectivity index (χ1) is 33.5. The summed E-state index contributed by atoms with van der Waals surface area (Å²) in [5.74, 6) is -0.951. The zero-order valence-corrected chi connectivity index (χ0v) is 44.3. The average molecular weight is 946 g/mol. The number of carbonyl (C=O) groups is 3. The summed E-state index contributed by atoms with van der Waals surface area (Å²) >= 11 is 0. The molecule has 0 aliphatic heterocycles. The molecule has 1 unspecified atom stereocenters. The predicted molar refractivity (Wildman–Crippen MR) is 293 cm³/mol. The van der Waals surface area contributed by atoms with Crippen molar-refractivity contribution in [2.75, 3.05) is 13.2 Å². The molecule has 0 aromatic rings. The van der Waals surface area contributed by atoms with E-state index in [9.17, 15) is 14.4 Å². The Morgan fingerprint density at radius 2 is 0.603 bits per heavy atom. The maximum Gasteiger partial charge on any atom is 0.306 e. The van der Waals surface area contributed by atoms with Gasteiger partial charge in [0.05, 0.1) is 0 Å². The minimum Gasteiger partial charge on any atom is -0.462 e. The van der Waals surface area contributed by atoms with Crippen LogP contribution in [0.5, 0.6) is 0 Å². The third kappa shape index (κ3) is 53.3. The van der Waals surface area contributed by atoms with E-state index in [1.807, 2.05) is 0 Å². The zero-order valence-electron chi connectivity index (χ0n) is 44.3. The molecule has 0 heterocycles. The van der Waals surface area contributed by atoms with Crippen molar-refractivity contribution in [1.29, 1.82) is 0 Å². The van der Waals surface area contributed by atoms with E-state index in [1.54, 1.807) is 0 Å². The SMILES string of the molecule is CC/C=C\C/C=C\C/C=C\C/C=C\C/C=C\C/C=C\CCCCC(=O)OCC(COC(=O)CCCCCCC/C=C\C/C=C\CCC)OC(=O)CCCCCCCCCCCCCCCCCC. The second kappa shape index (κ2) is 55.9. The van der Waals surface area contributed by atoms with E-state index < -0.39 is 6.10 Å². The van der Waals surface area contributed by atoms with Gasteiger partial charge in [-0.3, -0.25) is 14.4 Å². The van der Waals surface area contributed by atoms with E-state index in [4.69, 9.17) is 14.2 Å². The van der Waals surface area contributed by atoms with Crippen LogP contribution in [-0.4, -0.2) is 37.2 Å². The van der Waals surface area contributed by atoms with Gasteiger partial charge < -0.3 is 14.2 Å². The molecule has 0 aromatic carbocycles. The normalized spacial score (nSPS) is 12.8. The monoisotopic (exact) mass is 945 g/mol. The Kier molecular flexibility index (Phi) is 52.9. The van der Waals surface area contributed by atoms with Crippen LogP contribution in [0.1, 0.15) is 258 Å². The summed E-state index contributed by atoms with van der Waals surface area (Å²) in [6.45, 7) is 6.42. The van der Waals surface area contributed by atoms with Gasteiger partial charge >= 0.3 is 17.9 Å². The molecule has 0 radical (unpaired) electrons. The maximum absolute atomic E-state index is 12.8. The number of hydrogen-bond donors (Lipinski definition) is 0. The van der Waals surface area contributed by atoms with Crippen LogP contribution < -0.4 is 0 Å². The second-order valence-electron chi connectivity index (χ2n) is 18.5. The first kappa shape index (κ1) is 64.3. The number of esters is 3. The Labute approximate surface area is 419 Å². The molecular weight excluding hydrogens is 841 g/mol. The topological polar surface area (TPSA) is 78.9 Å². The van der Waals surface area contributed by atoms with E-state index in [0.717, 1.165) is 128 Å². The molecule has 0 saturated carbocycles. The highest BCUT2D eigenvalue weighted by Gasteiger charge is 2.19. The van der Waals surface area contributed by atoms with Crippen molar-refractivity contribution < 1.29 is 28.6 Å². The van der Waals surface area contributed by atoms with Crippen molar-refractivity contribution in [3.8, 4) is 0 Å². The molecule has 0 rings (SSSR count). The van der Waals surface area contributed by atoms with Crippen LogP contribution in [0.2, 0.25) is 0 Å². The lowest BCUT2D eigenvalue weighted by Crippen LogP contribution is -2.30. The molecular formula is C62H104O6. The average Bonchev–Trinajstić information content (AvgIpc) is 3.34. The van der Waals surface area contributed by atoms with Gasteiger partial charge in [-0.2, -0.15) is 0 Å². The Morgan fingerprint density at radius 1 is 0.309 bits per heavy atom. The molecule has 0 aromatic heterocycles. The van der Waals surface area contributed by atoms with Crippen LogP contribution in [0.4, 0.5) is 0 Å². The Morgan fingerprint density at radius 3 is 0.985 bits per heavy atom. The van der Waals surface area contributed by atoms with Crippen molar-refractivity contribution in [1.82, 2.24) is 0 Å². The summed E-state index contributed by atoms with van der Waals surface area (Å²) in [5, 5.41) is 0. The Hall–Kier alpha value is -3.67. The van der Waals surface area contributed by atoms with Gasteiger partial charge in [-0.25, -0.2) is 0 Å². The molecule has 388 valence electrons. The highest BCUT2D eigenvalue weighted by molar-refractivity contribution is 5.71. The lowest BCUT2D eigenvalue weighted by atomic mass is 10.0. The van der Waals surface area contributed by atoms with Crippen molar-refractivity contribution in [3.63, 3.8) is 0 Å². The third-order valence-electron chi connectivity index (χ3n) is 11.8. The molecule has 68 heavy (non-hydrogen) atoms. The van der Waals surface area contributed by atoms with E-state index in [0.29, 0.717) is 19.3 Å². The molecule has 0 N–H and O–H groups in total. The first-order valence-electron chi connectivity index (χ1n) is 28.2. The van der Waals surface area contributed by atoms with Gasteiger partial charge in [0.15, 0.2) is 6.10 Å². The van der Waals surface area contributed by atoms with Crippen LogP contribution in [0.25, 0.3) is 0 Å². The maximum atomic E-state index is 12.8. The minimum atomic E-state index is -0.800. The summed E-state index contributed by atoms with van der Waals surface area (Å²) in [4.78, 5) is 38.1. The molecule has 0 aliphatic carbocycles. The van der Waals surface area contributed by atoms with Gasteiger partial charge in [-0.05, 0) is 96.3 Å². The summed E-state index contributed by atoms with van der Waals surface area (Å²) in [7, 11) is 0. The van der Waals surface area contributed by atoms with E-state index >= 15 is 0 Å². The van der Waals surface area contributed by atoms with E-state index in [1.165, 1.54) is 89.9 Å². The highest BCUT2D eigenvalue weighted by atomic mass is 16.6. The smallest absolute Gasteiger partial charge is 0.306 e. The molecule has 0 aliphatic rings. The van der Waals surface area contributed by atoms with Gasteiger partial charge in [0.25, 0.3) is 0 Å². The van der Waals surface area contributed by atoms with Crippen molar-refractivity contribution in [2.24, 2.45) is 0 Å². The number of allylic oxidation sites excluding steroid dienone is 16. The molecule has 0 bridgehead atoms. The summed E-state index contributed by atoms with van der Waals surface area (Å²) in [6.07, 6.45) is 74.0. The summed E-state index contributed by atoms with van der Waals surface area (Å²) < 4.78 is 16.8. The Bertz CT molecular complexity index is 1360. The third-order valence-corrected chi connectivity index (χ3v) is 11.8. The van der Waals surface area contributed by atoms with Gasteiger partial charge in [-0.15, -0.1) is 0 Å². The fraction of sp³-hybridized carbons (Fsp3) is 0.694. The summed E-state index contributed by atoms with van der Waals surface area (Å²) in [6, 6.07) is 0. The molecule has 0 saturated heterocycles. The molecule has 6 heteroatoms. The van der Waals surface area contributed by atoms with Gasteiger partial charge in [0.2, 0.25) is 0 Å². The largest absolute Gasteiger partial charge is 0.462 e. The molecule has 0 spiro atoms. The molecule has 0 amide bonds. The lowest BCUT2D eigenvalue weighted by Gasteiger charge is -2.18. The lowest BCUT2D eigenvalue weighted by molar-refractivity contribution is -0.167. The number of hydrogen-bond acceptors (Lipinski definition) is 6. The van der Waals surface area contributed by atoms with Crippen molar-refractivity contribution in [2.45, 2.75) is 264 Å². The molecule has 0 fully saturated rings. The Balaban J connectivity index is 4.46. The van der Waals surface area contributed by atoms with Crippen molar-refractivity contribution >= 4 is 17.9 Å². The van der Waals surface area contributed by atoms with Crippen LogP contribution in [0, 0.1) is 0 Å². The standard InChI is InChI=1S/C62H104O6/c1-4-7-10-13-16-19-22-25-27-29-30-31-32-33-35-37-40-43-46-49-52-55-61(64)67-58-59(57-66-60(63)54-51-48-45-42-39-36-24-21-18-15-12-9-6-3)68-62(65)56-53-50-47-44-41-38-34-28-26-23-20-17-14-11-8-5-2/h7,10,12,15-16,19,21,24-25,27,30-31,33,35,40,43,59H,4-6,8-9,11,13-14,17-18,20,22-23,26,28-29,32,34,36-39,41-42,44-58H2,1-3H3/b10-7-,15-12-,19-16-,24-21-,27-25-,31-30-,35-33-,43-40-. The van der Waals surface area contributed by atoms with Gasteiger partial charge in [0.1, 0.15) is 13.2 Å². The molecule has 1 atom stereocenters. The first-order valence-corrected chi connectivity index (χ1v) is 28.2. The van der Waals surface area contributed by atoms with E-state index in [2.05, 4.69) is 118 Å². The van der Waals surface area contributed by atoms with Gasteiger partial charge in [-0.1, -0.05) is 240 Å². The minimum absolute atomic E-state index is 0.0978. The summed E-state index contributed by atoms with van der Waals surface area (Å²) in [5.41, 5.74) is 0. The fourth-order valence-corrected chi connectivity index (χ4v) is 7.60. The predicted octanol–water partition coefficient (Wildman–Crippen LogP) is 18.9. The van der Waals surface area contributed by atoms with Crippen LogP contribution in [0.15, 0.2) is 97.2 Å². The second-order valence-corrected chi connectivity index (χ2v) is 18.5. The number of ether oxygens (including phenoxy) is 3. The van der Waals surface area contributed by atoms with Crippen LogP contribution in [-0.2, 0) is 28.6 Å². The zero-order chi connectivity index (χ0) is 49.3. The number of unbranched alkanes of at least 4 members (excludes halogenated alkanes) is 23.